The second-order valence-corrected chi connectivity index (χ2v) is 12.3. The summed E-state index contributed by atoms with van der Waals surface area (Å²) in [7, 11) is 0. The van der Waals surface area contributed by atoms with Crippen molar-refractivity contribution in [2.45, 2.75) is 110 Å². The lowest BCUT2D eigenvalue weighted by molar-refractivity contribution is -0.143. The molecule has 0 aromatic heterocycles. The van der Waals surface area contributed by atoms with Crippen molar-refractivity contribution in [2.24, 2.45) is 5.92 Å². The minimum absolute atomic E-state index is 0.0573. The number of benzene rings is 2. The van der Waals surface area contributed by atoms with Crippen molar-refractivity contribution in [2.75, 3.05) is 24.6 Å². The van der Waals surface area contributed by atoms with E-state index in [9.17, 15) is 14.4 Å². The largest absolute Gasteiger partial charge is 0.487 e. The molecule has 7 nitrogen and oxygen atoms in total. The average molecular weight is 591 g/mol. The van der Waals surface area contributed by atoms with Gasteiger partial charge in [0.1, 0.15) is 17.6 Å². The van der Waals surface area contributed by atoms with Gasteiger partial charge in [-0.05, 0) is 93.0 Å². The van der Waals surface area contributed by atoms with Gasteiger partial charge in [-0.25, -0.2) is 4.79 Å². The van der Waals surface area contributed by atoms with Gasteiger partial charge in [0, 0.05) is 25.8 Å². The van der Waals surface area contributed by atoms with Crippen LogP contribution in [0.1, 0.15) is 109 Å². The SMILES string of the molecule is CCCCCCNC(=O)N1CC(C)Oc2cc(-c3ccc(C4CCC(CC(=O)CCCC(=O)OCC)CC4)cc3)ccc21. The molecule has 43 heavy (non-hydrogen) atoms. The Balaban J connectivity index is 1.28. The number of ether oxygens (including phenoxy) is 2. The number of ketones is 1. The molecule has 1 unspecified atom stereocenters. The Labute approximate surface area is 257 Å². The standard InChI is InChI=1S/C36H50N2O5/c1-4-6-7-8-22-37-36(41)38-25-26(3)43-34-24-31(20-21-33(34)38)30-18-16-29(17-19-30)28-14-12-27(13-15-28)23-32(39)10-9-11-35(40)42-5-2/h16-21,24,26-28H,4-15,22-23,25H2,1-3H3,(H,37,41). The van der Waals surface area contributed by atoms with Crippen LogP contribution in [-0.2, 0) is 14.3 Å². The number of Topliss-reactive ketones (excluding diaryl/α,β-unsaturated/α-hetero) is 1. The van der Waals surface area contributed by atoms with Gasteiger partial charge >= 0.3 is 12.0 Å². The van der Waals surface area contributed by atoms with Crippen molar-refractivity contribution in [1.82, 2.24) is 5.32 Å². The van der Waals surface area contributed by atoms with Gasteiger partial charge in [-0.2, -0.15) is 0 Å². The Bertz CT molecular complexity index is 1200. The first-order chi connectivity index (χ1) is 20.9. The highest BCUT2D eigenvalue weighted by Gasteiger charge is 2.28. The van der Waals surface area contributed by atoms with Crippen molar-refractivity contribution < 1.29 is 23.9 Å². The van der Waals surface area contributed by atoms with Crippen LogP contribution in [-0.4, -0.2) is 43.6 Å². The smallest absolute Gasteiger partial charge is 0.322 e. The summed E-state index contributed by atoms with van der Waals surface area (Å²) in [6, 6.07) is 14.9. The summed E-state index contributed by atoms with van der Waals surface area (Å²) in [4.78, 5) is 38.7. The van der Waals surface area contributed by atoms with Crippen LogP contribution in [0.2, 0.25) is 0 Å². The second kappa shape index (κ2) is 16.5. The molecule has 234 valence electrons. The molecule has 0 saturated heterocycles. The van der Waals surface area contributed by atoms with E-state index in [4.69, 9.17) is 9.47 Å². The number of unbranched alkanes of at least 4 members (excludes halogenated alkanes) is 3. The van der Waals surface area contributed by atoms with Crippen LogP contribution in [0.4, 0.5) is 10.5 Å². The molecule has 2 aliphatic rings. The van der Waals surface area contributed by atoms with Crippen molar-refractivity contribution >= 4 is 23.5 Å². The van der Waals surface area contributed by atoms with Gasteiger partial charge < -0.3 is 14.8 Å². The van der Waals surface area contributed by atoms with Gasteiger partial charge in [-0.15, -0.1) is 0 Å². The van der Waals surface area contributed by atoms with Gasteiger partial charge in [0.25, 0.3) is 0 Å². The summed E-state index contributed by atoms with van der Waals surface area (Å²) in [5.74, 6) is 1.77. The number of carbonyl (C=O) groups excluding carboxylic acids is 3. The Hall–Kier alpha value is -3.35. The van der Waals surface area contributed by atoms with Gasteiger partial charge in [-0.1, -0.05) is 56.5 Å². The first kappa shape index (κ1) is 32.6. The maximum absolute atomic E-state index is 13.0. The fourth-order valence-corrected chi connectivity index (χ4v) is 6.39. The molecule has 2 aromatic rings. The second-order valence-electron chi connectivity index (χ2n) is 12.3. The topological polar surface area (TPSA) is 84.9 Å². The minimum atomic E-state index is -0.212. The number of nitrogens with zero attached hydrogens (tertiary/aromatic N) is 1. The number of hydrogen-bond acceptors (Lipinski definition) is 5. The van der Waals surface area contributed by atoms with Crippen LogP contribution < -0.4 is 15.0 Å². The number of rotatable bonds is 14. The van der Waals surface area contributed by atoms with Crippen molar-refractivity contribution in [1.29, 1.82) is 0 Å². The van der Waals surface area contributed by atoms with Gasteiger partial charge in [0.2, 0.25) is 0 Å². The zero-order valence-electron chi connectivity index (χ0n) is 26.4. The normalized spacial score (nSPS) is 19.7. The molecule has 1 atom stereocenters. The highest BCUT2D eigenvalue weighted by Crippen LogP contribution is 2.40. The van der Waals surface area contributed by atoms with Gasteiger partial charge in [-0.3, -0.25) is 14.5 Å². The van der Waals surface area contributed by atoms with E-state index in [0.717, 1.165) is 61.1 Å². The molecule has 4 rings (SSSR count). The molecular formula is C36H50N2O5. The molecule has 0 spiro atoms. The lowest BCUT2D eigenvalue weighted by Gasteiger charge is -2.33. The number of urea groups is 1. The average Bonchev–Trinajstić information content (AvgIpc) is 3.00. The summed E-state index contributed by atoms with van der Waals surface area (Å²) in [6.07, 6.45) is 10.8. The first-order valence-electron chi connectivity index (χ1n) is 16.5. The van der Waals surface area contributed by atoms with E-state index in [1.54, 1.807) is 6.92 Å². The van der Waals surface area contributed by atoms with E-state index in [2.05, 4.69) is 48.6 Å². The minimum Gasteiger partial charge on any atom is -0.487 e. The van der Waals surface area contributed by atoms with Crippen LogP contribution in [0.25, 0.3) is 11.1 Å². The summed E-state index contributed by atoms with van der Waals surface area (Å²) >= 11 is 0. The molecule has 1 aliphatic carbocycles. The van der Waals surface area contributed by atoms with E-state index in [0.29, 0.717) is 57.2 Å². The van der Waals surface area contributed by atoms with E-state index in [-0.39, 0.29) is 23.9 Å². The molecule has 2 aromatic carbocycles. The third-order valence-corrected chi connectivity index (χ3v) is 8.79. The Morgan fingerprint density at radius 3 is 2.37 bits per heavy atom. The number of amides is 2. The Kier molecular flexibility index (Phi) is 12.5. The van der Waals surface area contributed by atoms with Crippen molar-refractivity contribution in [3.63, 3.8) is 0 Å². The zero-order chi connectivity index (χ0) is 30.6. The molecule has 2 amide bonds. The van der Waals surface area contributed by atoms with E-state index >= 15 is 0 Å². The maximum Gasteiger partial charge on any atom is 0.322 e. The summed E-state index contributed by atoms with van der Waals surface area (Å²) in [5, 5.41) is 3.08. The quantitative estimate of drug-likeness (QED) is 0.177. The lowest BCUT2D eigenvalue weighted by Crippen LogP contribution is -2.47. The van der Waals surface area contributed by atoms with Crippen LogP contribution in [0.3, 0.4) is 0 Å². The van der Waals surface area contributed by atoms with Crippen LogP contribution >= 0.6 is 0 Å². The molecule has 1 saturated carbocycles. The summed E-state index contributed by atoms with van der Waals surface area (Å²) in [5.41, 5.74) is 4.37. The van der Waals surface area contributed by atoms with E-state index in [1.165, 1.54) is 18.4 Å². The molecule has 1 fully saturated rings. The summed E-state index contributed by atoms with van der Waals surface area (Å²) < 4.78 is 11.1. The predicted molar refractivity (Wildman–Crippen MR) is 172 cm³/mol. The van der Waals surface area contributed by atoms with Crippen molar-refractivity contribution in [3.05, 3.63) is 48.0 Å². The number of nitrogens with one attached hydrogen (secondary N) is 1. The van der Waals surface area contributed by atoms with Crippen LogP contribution in [0, 0.1) is 5.92 Å². The predicted octanol–water partition coefficient (Wildman–Crippen LogP) is 8.20. The highest BCUT2D eigenvalue weighted by molar-refractivity contribution is 5.94. The molecule has 1 aliphatic heterocycles. The van der Waals surface area contributed by atoms with Gasteiger partial charge in [0.15, 0.2) is 0 Å². The van der Waals surface area contributed by atoms with Crippen LogP contribution in [0.15, 0.2) is 42.5 Å². The van der Waals surface area contributed by atoms with E-state index in [1.807, 2.05) is 17.9 Å². The zero-order valence-corrected chi connectivity index (χ0v) is 26.4. The third kappa shape index (κ3) is 9.57. The number of fused-ring (bicyclic) bond motifs is 1. The lowest BCUT2D eigenvalue weighted by atomic mass is 9.76. The molecule has 1 heterocycles. The molecule has 7 heteroatoms. The Morgan fingerprint density at radius 2 is 1.65 bits per heavy atom. The maximum atomic E-state index is 13.0. The number of anilines is 1. The highest BCUT2D eigenvalue weighted by atomic mass is 16.5. The van der Waals surface area contributed by atoms with Gasteiger partial charge in [0.05, 0.1) is 18.8 Å². The monoisotopic (exact) mass is 590 g/mol. The molecular weight excluding hydrogens is 540 g/mol. The number of hydrogen-bond donors (Lipinski definition) is 1. The molecule has 0 radical (unpaired) electrons. The van der Waals surface area contributed by atoms with E-state index < -0.39 is 0 Å². The van der Waals surface area contributed by atoms with Crippen LogP contribution in [0.5, 0.6) is 5.75 Å². The number of esters is 1. The third-order valence-electron chi connectivity index (χ3n) is 8.79. The van der Waals surface area contributed by atoms with Crippen molar-refractivity contribution in [3.8, 4) is 16.9 Å². The molecule has 1 N–H and O–H groups in total. The summed E-state index contributed by atoms with van der Waals surface area (Å²) in [6.45, 7) is 7.61. The first-order valence-corrected chi connectivity index (χ1v) is 16.5. The Morgan fingerprint density at radius 1 is 0.907 bits per heavy atom. The fraction of sp³-hybridized carbons (Fsp3) is 0.583. The molecule has 0 bridgehead atoms. The fourth-order valence-electron chi connectivity index (χ4n) is 6.39. The number of carbonyl (C=O) groups is 3.